The van der Waals surface area contributed by atoms with Crippen LogP contribution in [0.3, 0.4) is 0 Å². The van der Waals surface area contributed by atoms with Crippen molar-refractivity contribution in [2.75, 3.05) is 7.11 Å². The lowest BCUT2D eigenvalue weighted by molar-refractivity contribution is -0.132. The van der Waals surface area contributed by atoms with Crippen molar-refractivity contribution >= 4 is 33.9 Å². The third-order valence-corrected chi connectivity index (χ3v) is 4.67. The molecular weight excluding hydrogens is 464 g/mol. The van der Waals surface area contributed by atoms with Crippen molar-refractivity contribution in [2.24, 2.45) is 0 Å². The van der Waals surface area contributed by atoms with E-state index in [1.54, 1.807) is 43.5 Å². The number of benzene rings is 2. The zero-order chi connectivity index (χ0) is 22.2. The molecule has 1 aromatic heterocycles. The molecule has 8 heteroatoms. The van der Waals surface area contributed by atoms with Gasteiger partial charge in [0.25, 0.3) is 5.91 Å². The third kappa shape index (κ3) is 6.42. The van der Waals surface area contributed by atoms with E-state index in [1.165, 1.54) is 12.3 Å². The molecule has 31 heavy (non-hydrogen) atoms. The van der Waals surface area contributed by atoms with E-state index in [-0.39, 0.29) is 11.3 Å². The van der Waals surface area contributed by atoms with Gasteiger partial charge in [-0.25, -0.2) is 9.78 Å². The van der Waals surface area contributed by atoms with Gasteiger partial charge < -0.3 is 19.9 Å². The van der Waals surface area contributed by atoms with Crippen LogP contribution in [0.5, 0.6) is 11.5 Å². The zero-order valence-electron chi connectivity index (χ0n) is 16.5. The van der Waals surface area contributed by atoms with Gasteiger partial charge in [-0.3, -0.25) is 4.79 Å². The number of ether oxygens (including phenoxy) is 2. The van der Waals surface area contributed by atoms with Gasteiger partial charge in [0.15, 0.2) is 0 Å². The second-order valence-electron chi connectivity index (χ2n) is 6.40. The number of nitrogens with one attached hydrogen (secondary N) is 1. The van der Waals surface area contributed by atoms with Crippen LogP contribution >= 0.6 is 15.9 Å². The normalized spacial score (nSPS) is 11.0. The molecule has 2 N–H and O–H groups in total. The average molecular weight is 483 g/mol. The molecule has 0 fully saturated rings. The van der Waals surface area contributed by atoms with E-state index in [1.807, 2.05) is 24.3 Å². The Balaban J connectivity index is 1.66. The number of carbonyl (C=O) groups excluding carboxylic acids is 1. The van der Waals surface area contributed by atoms with Crippen LogP contribution in [0.1, 0.15) is 21.5 Å². The quantitative estimate of drug-likeness (QED) is 0.367. The fourth-order valence-electron chi connectivity index (χ4n) is 2.61. The molecule has 0 saturated heterocycles. The van der Waals surface area contributed by atoms with Gasteiger partial charge in [0.1, 0.15) is 28.4 Å². The van der Waals surface area contributed by atoms with Gasteiger partial charge in [-0.15, -0.1) is 0 Å². The summed E-state index contributed by atoms with van der Waals surface area (Å²) in [5.74, 6) is -0.436. The Morgan fingerprint density at radius 2 is 1.87 bits per heavy atom. The van der Waals surface area contributed by atoms with Crippen LogP contribution in [0.4, 0.5) is 0 Å². The first-order valence-electron chi connectivity index (χ1n) is 9.18. The second kappa shape index (κ2) is 10.4. The highest BCUT2D eigenvalue weighted by atomic mass is 79.9. The van der Waals surface area contributed by atoms with Crippen LogP contribution in [0.2, 0.25) is 0 Å². The van der Waals surface area contributed by atoms with Crippen LogP contribution in [0.15, 0.2) is 77.2 Å². The van der Waals surface area contributed by atoms with Crippen molar-refractivity contribution in [2.45, 2.75) is 6.61 Å². The van der Waals surface area contributed by atoms with Gasteiger partial charge >= 0.3 is 5.97 Å². The molecule has 2 aromatic carbocycles. The van der Waals surface area contributed by atoms with E-state index >= 15 is 0 Å². The van der Waals surface area contributed by atoms with Crippen molar-refractivity contribution in [3.8, 4) is 11.5 Å². The highest BCUT2D eigenvalue weighted by Crippen LogP contribution is 2.18. The van der Waals surface area contributed by atoms with Crippen molar-refractivity contribution in [1.29, 1.82) is 0 Å². The van der Waals surface area contributed by atoms with Crippen molar-refractivity contribution in [3.63, 3.8) is 0 Å². The molecule has 3 aromatic rings. The number of methoxy groups -OCH3 is 1. The number of aliphatic carboxylic acids is 1. The molecule has 0 aliphatic rings. The van der Waals surface area contributed by atoms with Crippen LogP contribution in [-0.4, -0.2) is 29.1 Å². The topological polar surface area (TPSA) is 97.8 Å². The summed E-state index contributed by atoms with van der Waals surface area (Å²) in [6, 6.07) is 17.6. The summed E-state index contributed by atoms with van der Waals surface area (Å²) < 4.78 is 11.5. The number of rotatable bonds is 8. The number of hydrogen-bond donors (Lipinski definition) is 2. The minimum Gasteiger partial charge on any atom is -0.497 e. The number of carboxylic acids is 1. The Morgan fingerprint density at radius 3 is 2.52 bits per heavy atom. The number of pyridine rings is 1. The Kier molecular flexibility index (Phi) is 7.40. The van der Waals surface area contributed by atoms with Crippen molar-refractivity contribution < 1.29 is 24.2 Å². The third-order valence-electron chi connectivity index (χ3n) is 4.20. The van der Waals surface area contributed by atoms with Gasteiger partial charge in [-0.1, -0.05) is 24.3 Å². The number of halogens is 1. The van der Waals surface area contributed by atoms with E-state index in [0.717, 1.165) is 11.3 Å². The first-order chi connectivity index (χ1) is 14.9. The lowest BCUT2D eigenvalue weighted by Gasteiger charge is -2.09. The molecule has 0 bridgehead atoms. The van der Waals surface area contributed by atoms with Gasteiger partial charge in [-0.05, 0) is 69.5 Å². The molecule has 0 spiro atoms. The molecule has 0 unspecified atom stereocenters. The molecule has 0 radical (unpaired) electrons. The maximum atomic E-state index is 12.3. The van der Waals surface area contributed by atoms with Gasteiger partial charge in [0.05, 0.1) is 12.7 Å². The molecule has 0 aliphatic heterocycles. The number of carboxylic acid groups (broad SMARTS) is 1. The summed E-state index contributed by atoms with van der Waals surface area (Å²) in [4.78, 5) is 27.8. The maximum absolute atomic E-state index is 12.3. The van der Waals surface area contributed by atoms with Crippen LogP contribution < -0.4 is 14.8 Å². The van der Waals surface area contributed by atoms with E-state index < -0.39 is 11.9 Å². The molecule has 7 nitrogen and oxygen atoms in total. The molecule has 0 saturated carbocycles. The first kappa shape index (κ1) is 22.0. The van der Waals surface area contributed by atoms with Crippen molar-refractivity contribution in [1.82, 2.24) is 10.3 Å². The number of carbonyl (C=O) groups is 2. The Bertz CT molecular complexity index is 1100. The van der Waals surface area contributed by atoms with Gasteiger partial charge in [0.2, 0.25) is 0 Å². The van der Waals surface area contributed by atoms with E-state index in [9.17, 15) is 14.7 Å². The number of hydrogen-bond acceptors (Lipinski definition) is 5. The van der Waals surface area contributed by atoms with Crippen LogP contribution in [0.25, 0.3) is 6.08 Å². The van der Waals surface area contributed by atoms with E-state index in [4.69, 9.17) is 9.47 Å². The molecule has 158 valence electrons. The molecule has 3 rings (SSSR count). The summed E-state index contributed by atoms with van der Waals surface area (Å²) in [6.45, 7) is 0.365. The number of aromatic nitrogens is 1. The largest absolute Gasteiger partial charge is 0.497 e. The standard InChI is InChI=1S/C23H19BrN2O5/c1-30-19-4-2-3-16(11-19)14-31-18-8-5-15(6-9-18)12-20(23(28)29)26-22(27)17-7-10-21(24)25-13-17/h2-13H,14H2,1H3,(H,26,27)(H,28,29). The fourth-order valence-corrected chi connectivity index (χ4v) is 2.85. The van der Waals surface area contributed by atoms with Gasteiger partial charge in [0, 0.05) is 6.20 Å². The highest BCUT2D eigenvalue weighted by Gasteiger charge is 2.14. The smallest absolute Gasteiger partial charge is 0.352 e. The lowest BCUT2D eigenvalue weighted by Crippen LogP contribution is -2.27. The highest BCUT2D eigenvalue weighted by molar-refractivity contribution is 9.10. The molecule has 1 heterocycles. The van der Waals surface area contributed by atoms with Crippen LogP contribution in [0, 0.1) is 0 Å². The summed E-state index contributed by atoms with van der Waals surface area (Å²) >= 11 is 3.19. The van der Waals surface area contributed by atoms with Gasteiger partial charge in [-0.2, -0.15) is 0 Å². The fraction of sp³-hybridized carbons (Fsp3) is 0.0870. The predicted molar refractivity (Wildman–Crippen MR) is 119 cm³/mol. The van der Waals surface area contributed by atoms with Crippen LogP contribution in [-0.2, 0) is 11.4 Å². The SMILES string of the molecule is COc1cccc(COc2ccc(C=C(NC(=O)c3ccc(Br)nc3)C(=O)O)cc2)c1. The Hall–Kier alpha value is -3.65. The van der Waals surface area contributed by atoms with E-state index in [0.29, 0.717) is 22.5 Å². The summed E-state index contributed by atoms with van der Waals surface area (Å²) in [6.07, 6.45) is 2.73. The predicted octanol–water partition coefficient (Wildman–Crippen LogP) is 4.29. The minimum atomic E-state index is -1.25. The number of nitrogens with zero attached hydrogens (tertiary/aromatic N) is 1. The summed E-state index contributed by atoms with van der Waals surface area (Å²) in [5.41, 5.74) is 1.55. The zero-order valence-corrected chi connectivity index (χ0v) is 18.1. The average Bonchev–Trinajstić information content (AvgIpc) is 2.78. The number of amides is 1. The second-order valence-corrected chi connectivity index (χ2v) is 7.21. The minimum absolute atomic E-state index is 0.247. The van der Waals surface area contributed by atoms with Crippen molar-refractivity contribution in [3.05, 3.63) is 93.9 Å². The summed E-state index contributed by atoms with van der Waals surface area (Å²) in [5, 5.41) is 11.8. The Morgan fingerprint density at radius 1 is 1.10 bits per heavy atom. The first-order valence-corrected chi connectivity index (χ1v) is 9.97. The monoisotopic (exact) mass is 482 g/mol. The molecular formula is C23H19BrN2O5. The van der Waals surface area contributed by atoms with E-state index in [2.05, 4.69) is 26.2 Å². The molecule has 0 atom stereocenters. The maximum Gasteiger partial charge on any atom is 0.352 e. The molecule has 0 aliphatic carbocycles. The molecule has 1 amide bonds. The Labute approximate surface area is 187 Å². The lowest BCUT2D eigenvalue weighted by atomic mass is 10.1. The summed E-state index contributed by atoms with van der Waals surface area (Å²) in [7, 11) is 1.61.